The summed E-state index contributed by atoms with van der Waals surface area (Å²) >= 11 is 0. The van der Waals surface area contributed by atoms with Crippen LogP contribution in [0.25, 0.3) is 0 Å². The van der Waals surface area contributed by atoms with Crippen LogP contribution in [0.4, 0.5) is 0 Å². The van der Waals surface area contributed by atoms with Crippen LogP contribution in [0.1, 0.15) is 43.8 Å². The molecular weight excluding hydrogens is 290 g/mol. The van der Waals surface area contributed by atoms with E-state index in [1.165, 1.54) is 17.2 Å². The summed E-state index contributed by atoms with van der Waals surface area (Å²) < 4.78 is 0. The molecule has 23 heavy (non-hydrogen) atoms. The number of carboxylic acids is 1. The molecule has 4 nitrogen and oxygen atoms in total. The molecule has 0 saturated carbocycles. The molecule has 0 saturated heterocycles. The summed E-state index contributed by atoms with van der Waals surface area (Å²) in [5, 5.41) is 9.18. The van der Waals surface area contributed by atoms with Crippen molar-refractivity contribution in [1.29, 1.82) is 0 Å². The Hall–Kier alpha value is -2.62. The highest BCUT2D eigenvalue weighted by Crippen LogP contribution is 2.21. The quantitative estimate of drug-likeness (QED) is 0.926. The van der Waals surface area contributed by atoms with Gasteiger partial charge in [0.15, 0.2) is 0 Å². The summed E-state index contributed by atoms with van der Waals surface area (Å²) in [7, 11) is 0. The van der Waals surface area contributed by atoms with Crippen LogP contribution in [0.3, 0.4) is 0 Å². The zero-order valence-corrected chi connectivity index (χ0v) is 13.1. The summed E-state index contributed by atoms with van der Waals surface area (Å²) in [6.45, 7) is 3.07. The van der Waals surface area contributed by atoms with Crippen LogP contribution in [0, 0.1) is 6.92 Å². The zero-order chi connectivity index (χ0) is 16.4. The number of fused-ring (bicyclic) bond motifs is 1. The largest absolute Gasteiger partial charge is 0.478 e. The lowest BCUT2D eigenvalue weighted by atomic mass is 10.0. The zero-order valence-electron chi connectivity index (χ0n) is 13.1. The molecule has 0 unspecified atom stereocenters. The Bertz CT molecular complexity index is 767. The molecule has 0 bridgehead atoms. The van der Waals surface area contributed by atoms with Crippen molar-refractivity contribution in [2.24, 2.45) is 0 Å². The monoisotopic (exact) mass is 309 g/mol. The number of amides is 1. The number of benzene rings is 2. The third-order valence-electron chi connectivity index (χ3n) is 4.21. The maximum Gasteiger partial charge on any atom is 0.335 e. The van der Waals surface area contributed by atoms with Gasteiger partial charge in [0.1, 0.15) is 0 Å². The molecule has 0 atom stereocenters. The van der Waals surface area contributed by atoms with Gasteiger partial charge in [0.2, 0.25) is 0 Å². The Morgan fingerprint density at radius 2 is 1.74 bits per heavy atom. The molecule has 4 heteroatoms. The van der Waals surface area contributed by atoms with Gasteiger partial charge >= 0.3 is 5.97 Å². The summed E-state index contributed by atoms with van der Waals surface area (Å²) in [6.07, 6.45) is 1.88. The van der Waals surface area contributed by atoms with Gasteiger partial charge in [-0.15, -0.1) is 0 Å². The van der Waals surface area contributed by atoms with Crippen LogP contribution in [-0.4, -0.2) is 28.4 Å². The van der Waals surface area contributed by atoms with E-state index < -0.39 is 5.97 Å². The number of aryl methyl sites for hydroxylation is 2. The molecule has 3 rings (SSSR count). The predicted octanol–water partition coefficient (Wildman–Crippen LogP) is 3.28. The highest BCUT2D eigenvalue weighted by molar-refractivity contribution is 5.97. The first-order valence-corrected chi connectivity index (χ1v) is 7.75. The van der Waals surface area contributed by atoms with Crippen LogP contribution >= 0.6 is 0 Å². The highest BCUT2D eigenvalue weighted by atomic mass is 16.4. The molecule has 1 aliphatic rings. The summed E-state index contributed by atoms with van der Waals surface area (Å²) in [6, 6.07) is 13.0. The van der Waals surface area contributed by atoms with E-state index in [1.54, 1.807) is 19.1 Å². The van der Waals surface area contributed by atoms with Gasteiger partial charge in [0, 0.05) is 18.7 Å². The number of rotatable bonds is 2. The van der Waals surface area contributed by atoms with Gasteiger partial charge in [-0.1, -0.05) is 24.3 Å². The first-order chi connectivity index (χ1) is 11.0. The van der Waals surface area contributed by atoms with Crippen molar-refractivity contribution in [2.75, 3.05) is 6.54 Å². The molecule has 1 heterocycles. The van der Waals surface area contributed by atoms with E-state index >= 15 is 0 Å². The standard InChI is InChI=1S/C19H19NO3/c1-13-9-16(11-17(10-13)19(22)23)18(21)20-8-4-7-14-5-2-3-6-15(14)12-20/h2-3,5-6,9-11H,4,7-8,12H2,1H3,(H,22,23). The topological polar surface area (TPSA) is 57.6 Å². The van der Waals surface area contributed by atoms with Crippen LogP contribution in [0.2, 0.25) is 0 Å². The molecular formula is C19H19NO3. The molecule has 0 fully saturated rings. The third-order valence-corrected chi connectivity index (χ3v) is 4.21. The highest BCUT2D eigenvalue weighted by Gasteiger charge is 2.21. The van der Waals surface area contributed by atoms with Crippen LogP contribution < -0.4 is 0 Å². The lowest BCUT2D eigenvalue weighted by Gasteiger charge is -2.21. The molecule has 0 aromatic heterocycles. The van der Waals surface area contributed by atoms with E-state index in [1.807, 2.05) is 17.0 Å². The summed E-state index contributed by atoms with van der Waals surface area (Å²) in [4.78, 5) is 25.8. The average Bonchev–Trinajstić information content (AvgIpc) is 2.75. The molecule has 2 aromatic rings. The molecule has 1 aliphatic heterocycles. The van der Waals surface area contributed by atoms with Crippen molar-refractivity contribution in [2.45, 2.75) is 26.3 Å². The maximum atomic E-state index is 12.8. The molecule has 2 aromatic carbocycles. The number of hydrogen-bond donors (Lipinski definition) is 1. The van der Waals surface area contributed by atoms with Crippen molar-refractivity contribution >= 4 is 11.9 Å². The third kappa shape index (κ3) is 3.26. The SMILES string of the molecule is Cc1cc(C(=O)O)cc(C(=O)N2CCCc3ccccc3C2)c1. The van der Waals surface area contributed by atoms with E-state index in [0.717, 1.165) is 18.4 Å². The van der Waals surface area contributed by atoms with Crippen molar-refractivity contribution in [3.63, 3.8) is 0 Å². The Kier molecular flexibility index (Phi) is 4.15. The lowest BCUT2D eigenvalue weighted by molar-refractivity contribution is 0.0696. The summed E-state index contributed by atoms with van der Waals surface area (Å²) in [5.74, 6) is -1.11. The van der Waals surface area contributed by atoms with Crippen molar-refractivity contribution in [1.82, 2.24) is 4.90 Å². The molecule has 0 radical (unpaired) electrons. The van der Waals surface area contributed by atoms with Gasteiger partial charge in [0.05, 0.1) is 5.56 Å². The molecule has 0 spiro atoms. The maximum absolute atomic E-state index is 12.8. The van der Waals surface area contributed by atoms with E-state index in [2.05, 4.69) is 12.1 Å². The number of nitrogens with zero attached hydrogens (tertiary/aromatic N) is 1. The summed E-state index contributed by atoms with van der Waals surface area (Å²) in [5.41, 5.74) is 3.84. The number of carbonyl (C=O) groups excluding carboxylic acids is 1. The minimum Gasteiger partial charge on any atom is -0.478 e. The Balaban J connectivity index is 1.90. The van der Waals surface area contributed by atoms with Gasteiger partial charge in [0.25, 0.3) is 5.91 Å². The molecule has 1 amide bonds. The van der Waals surface area contributed by atoms with Gasteiger partial charge < -0.3 is 10.0 Å². The fourth-order valence-electron chi connectivity index (χ4n) is 3.09. The first kappa shape index (κ1) is 15.3. The van der Waals surface area contributed by atoms with E-state index in [0.29, 0.717) is 18.7 Å². The fourth-order valence-corrected chi connectivity index (χ4v) is 3.09. The van der Waals surface area contributed by atoms with E-state index in [9.17, 15) is 14.7 Å². The second-order valence-corrected chi connectivity index (χ2v) is 5.99. The normalized spacial score (nSPS) is 14.0. The van der Waals surface area contributed by atoms with E-state index in [-0.39, 0.29) is 11.5 Å². The van der Waals surface area contributed by atoms with Gasteiger partial charge in [-0.05, 0) is 54.7 Å². The minimum absolute atomic E-state index is 0.104. The molecule has 0 aliphatic carbocycles. The number of carboxylic acid groups (broad SMARTS) is 1. The average molecular weight is 309 g/mol. The Morgan fingerprint density at radius 1 is 1.04 bits per heavy atom. The lowest BCUT2D eigenvalue weighted by Crippen LogP contribution is -2.30. The predicted molar refractivity (Wildman–Crippen MR) is 87.6 cm³/mol. The smallest absolute Gasteiger partial charge is 0.335 e. The van der Waals surface area contributed by atoms with Crippen LogP contribution in [0.15, 0.2) is 42.5 Å². The first-order valence-electron chi connectivity index (χ1n) is 7.75. The molecule has 1 N–H and O–H groups in total. The number of aromatic carboxylic acids is 1. The Morgan fingerprint density at radius 3 is 2.48 bits per heavy atom. The van der Waals surface area contributed by atoms with Crippen molar-refractivity contribution in [3.8, 4) is 0 Å². The van der Waals surface area contributed by atoms with Crippen molar-refractivity contribution < 1.29 is 14.7 Å². The van der Waals surface area contributed by atoms with E-state index in [4.69, 9.17) is 0 Å². The second kappa shape index (κ2) is 6.24. The van der Waals surface area contributed by atoms with Gasteiger partial charge in [-0.25, -0.2) is 4.79 Å². The van der Waals surface area contributed by atoms with Crippen molar-refractivity contribution in [3.05, 3.63) is 70.3 Å². The van der Waals surface area contributed by atoms with Gasteiger partial charge in [-0.2, -0.15) is 0 Å². The second-order valence-electron chi connectivity index (χ2n) is 5.99. The van der Waals surface area contributed by atoms with Gasteiger partial charge in [-0.3, -0.25) is 4.79 Å². The Labute approximate surface area is 135 Å². The minimum atomic E-state index is -1.01. The fraction of sp³-hybridized carbons (Fsp3) is 0.263. The van der Waals surface area contributed by atoms with Crippen LogP contribution in [-0.2, 0) is 13.0 Å². The number of hydrogen-bond acceptors (Lipinski definition) is 2. The molecule has 118 valence electrons. The number of carbonyl (C=O) groups is 2. The van der Waals surface area contributed by atoms with Crippen LogP contribution in [0.5, 0.6) is 0 Å².